The summed E-state index contributed by atoms with van der Waals surface area (Å²) < 4.78 is 14.1. The minimum atomic E-state index is -0.827. The maximum atomic E-state index is 11.1. The molecule has 1 aliphatic rings. The van der Waals surface area contributed by atoms with Crippen LogP contribution < -0.4 is 9.47 Å². The predicted molar refractivity (Wildman–Crippen MR) is 130 cm³/mol. The number of hydrogen-bond acceptors (Lipinski definition) is 5. The molecule has 4 rings (SSSR count). The molecular weight excluding hydrogens is 414 g/mol. The Morgan fingerprint density at radius 3 is 2.76 bits per heavy atom. The average molecular weight is 450 g/mol. The molecule has 6 heteroatoms. The van der Waals surface area contributed by atoms with Gasteiger partial charge in [0.1, 0.15) is 29.5 Å². The lowest BCUT2D eigenvalue weighted by Crippen LogP contribution is -2.51. The van der Waals surface area contributed by atoms with E-state index in [0.717, 1.165) is 62.6 Å². The van der Waals surface area contributed by atoms with Crippen molar-refractivity contribution in [2.45, 2.75) is 51.3 Å². The van der Waals surface area contributed by atoms with Gasteiger partial charge in [0.2, 0.25) is 0 Å². The normalized spacial score (nSPS) is 18.8. The van der Waals surface area contributed by atoms with Crippen LogP contribution in [0, 0.1) is 0 Å². The fourth-order valence-corrected chi connectivity index (χ4v) is 4.47. The molecule has 0 bridgehead atoms. The van der Waals surface area contributed by atoms with Crippen molar-refractivity contribution in [2.75, 3.05) is 26.3 Å². The zero-order valence-corrected chi connectivity index (χ0v) is 19.5. The summed E-state index contributed by atoms with van der Waals surface area (Å²) in [5.74, 6) is 2.81. The van der Waals surface area contributed by atoms with Gasteiger partial charge in [-0.05, 0) is 55.6 Å². The lowest BCUT2D eigenvalue weighted by atomic mass is 9.93. The van der Waals surface area contributed by atoms with Crippen LogP contribution in [-0.4, -0.2) is 51.5 Å². The van der Waals surface area contributed by atoms with Gasteiger partial charge in [0, 0.05) is 38.4 Å². The van der Waals surface area contributed by atoms with Crippen LogP contribution >= 0.6 is 0 Å². The quantitative estimate of drug-likeness (QED) is 0.442. The van der Waals surface area contributed by atoms with E-state index >= 15 is 0 Å². The molecule has 176 valence electrons. The summed E-state index contributed by atoms with van der Waals surface area (Å²) in [5, 5.41) is 11.1. The van der Waals surface area contributed by atoms with Gasteiger partial charge in [-0.1, -0.05) is 37.3 Å². The fourth-order valence-electron chi connectivity index (χ4n) is 4.47. The minimum Gasteiger partial charge on any atom is -0.494 e. The highest BCUT2D eigenvalue weighted by Gasteiger charge is 2.34. The van der Waals surface area contributed by atoms with Crippen molar-refractivity contribution in [3.05, 3.63) is 78.4 Å². The molecule has 0 spiro atoms. The van der Waals surface area contributed by atoms with Crippen LogP contribution in [-0.2, 0) is 19.5 Å². The Balaban J connectivity index is 1.25. The van der Waals surface area contributed by atoms with E-state index in [0.29, 0.717) is 19.8 Å². The molecule has 0 radical (unpaired) electrons. The summed E-state index contributed by atoms with van der Waals surface area (Å²) >= 11 is 0. The van der Waals surface area contributed by atoms with Gasteiger partial charge in [-0.25, -0.2) is 4.98 Å². The predicted octanol–water partition coefficient (Wildman–Crippen LogP) is 4.32. The topological polar surface area (TPSA) is 59.8 Å². The van der Waals surface area contributed by atoms with Gasteiger partial charge in [-0.2, -0.15) is 0 Å². The van der Waals surface area contributed by atoms with E-state index in [-0.39, 0.29) is 0 Å². The lowest BCUT2D eigenvalue weighted by molar-refractivity contribution is -0.0621. The zero-order valence-electron chi connectivity index (χ0n) is 19.5. The van der Waals surface area contributed by atoms with Crippen LogP contribution in [0.2, 0.25) is 0 Å². The molecule has 0 unspecified atom stereocenters. The zero-order chi connectivity index (χ0) is 22.9. The van der Waals surface area contributed by atoms with Crippen molar-refractivity contribution >= 4 is 0 Å². The number of piperidine rings is 1. The van der Waals surface area contributed by atoms with Crippen LogP contribution in [0.1, 0.15) is 37.6 Å². The minimum absolute atomic E-state index is 0.313. The summed E-state index contributed by atoms with van der Waals surface area (Å²) in [6.07, 6.45) is 7.49. The van der Waals surface area contributed by atoms with Gasteiger partial charge in [-0.15, -0.1) is 0 Å². The molecule has 1 atom stereocenters. The van der Waals surface area contributed by atoms with E-state index in [1.54, 1.807) is 0 Å². The average Bonchev–Trinajstić information content (AvgIpc) is 3.29. The summed E-state index contributed by atoms with van der Waals surface area (Å²) in [5.41, 5.74) is 0.371. The first-order chi connectivity index (χ1) is 16.1. The third-order valence-corrected chi connectivity index (χ3v) is 6.12. The Kier molecular flexibility index (Phi) is 8.02. The second-order valence-electron chi connectivity index (χ2n) is 8.88. The second kappa shape index (κ2) is 11.3. The summed E-state index contributed by atoms with van der Waals surface area (Å²) in [7, 11) is 0. The van der Waals surface area contributed by atoms with Gasteiger partial charge < -0.3 is 19.1 Å². The number of hydrogen-bond donors (Lipinski definition) is 1. The Hall–Kier alpha value is -2.83. The number of aryl methyl sites for hydroxylation is 2. The van der Waals surface area contributed by atoms with Crippen molar-refractivity contribution in [1.29, 1.82) is 0 Å². The standard InChI is InChI=1S/C27H35N3O3/c1-2-26-28-14-17-30(26)16-8-18-32-25-12-6-9-23(19-25)20-29-15-7-13-27(31,21-29)22-33-24-10-4-3-5-11-24/h3-6,9-12,14,17,19,31H,2,7-8,13,15-16,18,20-22H2,1H3/t27-/m0/s1. The molecule has 1 saturated heterocycles. The summed E-state index contributed by atoms with van der Waals surface area (Å²) in [4.78, 5) is 6.68. The first-order valence-corrected chi connectivity index (χ1v) is 12.0. The second-order valence-corrected chi connectivity index (χ2v) is 8.88. The molecule has 0 amide bonds. The van der Waals surface area contributed by atoms with Gasteiger partial charge in [0.25, 0.3) is 0 Å². The summed E-state index contributed by atoms with van der Waals surface area (Å²) in [6, 6.07) is 18.0. The maximum absolute atomic E-state index is 11.1. The van der Waals surface area contributed by atoms with Gasteiger partial charge in [0.05, 0.1) is 6.61 Å². The number of rotatable bonds is 11. The van der Waals surface area contributed by atoms with Crippen molar-refractivity contribution in [3.8, 4) is 11.5 Å². The number of benzene rings is 2. The summed E-state index contributed by atoms with van der Waals surface area (Å²) in [6.45, 7) is 6.40. The Labute approximate surface area is 196 Å². The van der Waals surface area contributed by atoms with Gasteiger partial charge in [-0.3, -0.25) is 4.90 Å². The number of aliphatic hydroxyl groups is 1. The molecule has 0 aliphatic carbocycles. The highest BCUT2D eigenvalue weighted by Crippen LogP contribution is 2.25. The van der Waals surface area contributed by atoms with Crippen molar-refractivity contribution < 1.29 is 14.6 Å². The molecule has 1 aromatic heterocycles. The van der Waals surface area contributed by atoms with Crippen molar-refractivity contribution in [3.63, 3.8) is 0 Å². The van der Waals surface area contributed by atoms with E-state index < -0.39 is 5.60 Å². The van der Waals surface area contributed by atoms with Crippen LogP contribution in [0.15, 0.2) is 67.0 Å². The largest absolute Gasteiger partial charge is 0.494 e. The highest BCUT2D eigenvalue weighted by molar-refractivity contribution is 5.28. The molecular formula is C27H35N3O3. The van der Waals surface area contributed by atoms with Crippen LogP contribution in [0.3, 0.4) is 0 Å². The Morgan fingerprint density at radius 1 is 1.06 bits per heavy atom. The Morgan fingerprint density at radius 2 is 1.91 bits per heavy atom. The SMILES string of the molecule is CCc1nccn1CCCOc1cccc(CN2CCC[C@@](O)(COc3ccccc3)C2)c1. The van der Waals surface area contributed by atoms with Crippen molar-refractivity contribution in [2.24, 2.45) is 0 Å². The fraction of sp³-hybridized carbons (Fsp3) is 0.444. The van der Waals surface area contributed by atoms with Crippen LogP contribution in [0.4, 0.5) is 0 Å². The molecule has 2 aromatic carbocycles. The molecule has 33 heavy (non-hydrogen) atoms. The number of para-hydroxylation sites is 1. The smallest absolute Gasteiger partial charge is 0.119 e. The molecule has 2 heterocycles. The Bertz CT molecular complexity index is 991. The lowest BCUT2D eigenvalue weighted by Gasteiger charge is -2.39. The third-order valence-electron chi connectivity index (χ3n) is 6.12. The van der Waals surface area contributed by atoms with Crippen LogP contribution in [0.5, 0.6) is 11.5 Å². The maximum Gasteiger partial charge on any atom is 0.119 e. The van der Waals surface area contributed by atoms with Gasteiger partial charge in [0.15, 0.2) is 0 Å². The molecule has 0 saturated carbocycles. The van der Waals surface area contributed by atoms with E-state index in [2.05, 4.69) is 33.5 Å². The number of likely N-dealkylation sites (tertiary alicyclic amines) is 1. The number of imidazole rings is 1. The van der Waals surface area contributed by atoms with E-state index in [1.165, 1.54) is 5.56 Å². The highest BCUT2D eigenvalue weighted by atomic mass is 16.5. The van der Waals surface area contributed by atoms with E-state index in [9.17, 15) is 5.11 Å². The molecule has 1 aliphatic heterocycles. The van der Waals surface area contributed by atoms with E-state index in [1.807, 2.05) is 54.9 Å². The number of aromatic nitrogens is 2. The first kappa shape index (κ1) is 23.3. The van der Waals surface area contributed by atoms with Gasteiger partial charge >= 0.3 is 0 Å². The monoisotopic (exact) mass is 449 g/mol. The first-order valence-electron chi connectivity index (χ1n) is 12.0. The number of nitrogens with zero attached hydrogens (tertiary/aromatic N) is 3. The van der Waals surface area contributed by atoms with E-state index in [4.69, 9.17) is 9.47 Å². The third kappa shape index (κ3) is 6.83. The van der Waals surface area contributed by atoms with Crippen LogP contribution in [0.25, 0.3) is 0 Å². The molecule has 3 aromatic rings. The molecule has 6 nitrogen and oxygen atoms in total. The number of ether oxygens (including phenoxy) is 2. The van der Waals surface area contributed by atoms with Crippen molar-refractivity contribution in [1.82, 2.24) is 14.5 Å². The molecule has 1 N–H and O–H groups in total. The molecule has 1 fully saturated rings. The number of β-amino-alcohol motifs (C(OH)–C–C–N with tert-alkyl or cyclic N) is 1.